The highest BCUT2D eigenvalue weighted by Gasteiger charge is 2.27. The van der Waals surface area contributed by atoms with Crippen molar-refractivity contribution in [1.82, 2.24) is 9.55 Å². The Bertz CT molecular complexity index is 1090. The van der Waals surface area contributed by atoms with Crippen LogP contribution in [0.15, 0.2) is 47.5 Å². The lowest BCUT2D eigenvalue weighted by Gasteiger charge is -2.14. The second kappa shape index (κ2) is 6.07. The predicted octanol–water partition coefficient (Wildman–Crippen LogP) is 4.02. The van der Waals surface area contributed by atoms with E-state index in [2.05, 4.69) is 9.98 Å². The molecule has 0 fully saturated rings. The van der Waals surface area contributed by atoms with Crippen molar-refractivity contribution in [2.75, 3.05) is 0 Å². The van der Waals surface area contributed by atoms with Crippen molar-refractivity contribution in [3.63, 3.8) is 0 Å². The van der Waals surface area contributed by atoms with Gasteiger partial charge in [-0.3, -0.25) is 9.56 Å². The Kier molecular flexibility index (Phi) is 3.85. The molecule has 0 saturated carbocycles. The number of nitrogens with zero attached hydrogens (tertiary/aromatic N) is 3. The minimum Gasteiger partial charge on any atom is -0.476 e. The molecule has 4 rings (SSSR count). The van der Waals surface area contributed by atoms with Gasteiger partial charge >= 0.3 is 5.97 Å². The van der Waals surface area contributed by atoms with E-state index < -0.39 is 11.8 Å². The fraction of sp³-hybridized carbons (Fsp3) is 0.105. The molecule has 0 radical (unpaired) electrons. The van der Waals surface area contributed by atoms with Crippen molar-refractivity contribution in [2.24, 2.45) is 4.99 Å². The molecule has 0 atom stereocenters. The Morgan fingerprint density at radius 1 is 1.23 bits per heavy atom. The minimum atomic E-state index is -1.13. The summed E-state index contributed by atoms with van der Waals surface area (Å²) in [6.45, 7) is 1.78. The largest absolute Gasteiger partial charge is 0.476 e. The van der Waals surface area contributed by atoms with Crippen LogP contribution in [0.1, 0.15) is 33.1 Å². The maximum absolute atomic E-state index is 14.4. The van der Waals surface area contributed by atoms with Gasteiger partial charge in [0.1, 0.15) is 11.6 Å². The van der Waals surface area contributed by atoms with E-state index in [0.29, 0.717) is 39.1 Å². The minimum absolute atomic E-state index is 0.0630. The van der Waals surface area contributed by atoms with Crippen LogP contribution in [0.5, 0.6) is 0 Å². The van der Waals surface area contributed by atoms with E-state index in [-0.39, 0.29) is 12.2 Å². The van der Waals surface area contributed by atoms with E-state index in [1.54, 1.807) is 47.9 Å². The molecule has 1 aliphatic heterocycles. The zero-order valence-electron chi connectivity index (χ0n) is 13.7. The van der Waals surface area contributed by atoms with Gasteiger partial charge in [0.15, 0.2) is 5.69 Å². The van der Waals surface area contributed by atoms with Crippen molar-refractivity contribution in [1.29, 1.82) is 0 Å². The van der Waals surface area contributed by atoms with Crippen molar-refractivity contribution >= 4 is 23.3 Å². The van der Waals surface area contributed by atoms with E-state index in [1.165, 1.54) is 6.07 Å². The number of aliphatic imine (C=N–C) groups is 1. The summed E-state index contributed by atoms with van der Waals surface area (Å²) in [5.41, 5.74) is 2.47. The Labute approximate surface area is 153 Å². The third-order valence-corrected chi connectivity index (χ3v) is 4.55. The molecule has 0 saturated heterocycles. The molecule has 1 aromatic heterocycles. The van der Waals surface area contributed by atoms with Gasteiger partial charge in [0.2, 0.25) is 0 Å². The van der Waals surface area contributed by atoms with Crippen molar-refractivity contribution in [2.45, 2.75) is 13.5 Å². The van der Waals surface area contributed by atoms with Gasteiger partial charge in [-0.1, -0.05) is 23.7 Å². The number of benzene rings is 2. The molecule has 0 unspecified atom stereocenters. The molecule has 7 heteroatoms. The number of halogens is 2. The van der Waals surface area contributed by atoms with Crippen LogP contribution in [0.3, 0.4) is 0 Å². The van der Waals surface area contributed by atoms with E-state index in [9.17, 15) is 14.3 Å². The van der Waals surface area contributed by atoms with E-state index in [4.69, 9.17) is 11.6 Å². The molecule has 0 amide bonds. The monoisotopic (exact) mass is 369 g/mol. The molecule has 130 valence electrons. The van der Waals surface area contributed by atoms with Crippen LogP contribution >= 0.6 is 11.6 Å². The predicted molar refractivity (Wildman–Crippen MR) is 96.0 cm³/mol. The molecule has 5 nitrogen and oxygen atoms in total. The molecule has 3 aromatic rings. The number of fused-ring (bicyclic) bond motifs is 3. The molecule has 26 heavy (non-hydrogen) atoms. The van der Waals surface area contributed by atoms with E-state index in [0.717, 1.165) is 0 Å². The first kappa shape index (κ1) is 16.5. The van der Waals surface area contributed by atoms with Crippen LogP contribution in [-0.2, 0) is 6.54 Å². The van der Waals surface area contributed by atoms with Gasteiger partial charge in [-0.05, 0) is 37.3 Å². The lowest BCUT2D eigenvalue weighted by molar-refractivity contribution is 0.0689. The average molecular weight is 370 g/mol. The van der Waals surface area contributed by atoms with Crippen LogP contribution in [0.2, 0.25) is 5.02 Å². The molecule has 0 bridgehead atoms. The first-order valence-corrected chi connectivity index (χ1v) is 8.26. The molecule has 2 heterocycles. The van der Waals surface area contributed by atoms with Crippen LogP contribution < -0.4 is 0 Å². The number of aryl methyl sites for hydroxylation is 1. The maximum Gasteiger partial charge on any atom is 0.356 e. The van der Waals surface area contributed by atoms with E-state index in [1.807, 2.05) is 0 Å². The highest BCUT2D eigenvalue weighted by molar-refractivity contribution is 6.31. The van der Waals surface area contributed by atoms with Crippen molar-refractivity contribution < 1.29 is 14.3 Å². The molecular formula is C19H13ClFN3O2. The van der Waals surface area contributed by atoms with Crippen LogP contribution in [-0.4, -0.2) is 26.3 Å². The number of hydrogen-bond acceptors (Lipinski definition) is 3. The lowest BCUT2D eigenvalue weighted by atomic mass is 10.00. The summed E-state index contributed by atoms with van der Waals surface area (Å²) in [5.74, 6) is -1.02. The third kappa shape index (κ3) is 2.50. The number of carboxylic acids is 1. The molecule has 0 aliphatic carbocycles. The fourth-order valence-electron chi connectivity index (χ4n) is 3.23. The van der Waals surface area contributed by atoms with Crippen molar-refractivity contribution in [3.05, 3.63) is 81.6 Å². The summed E-state index contributed by atoms with van der Waals surface area (Å²) >= 11 is 6.18. The van der Waals surface area contributed by atoms with Gasteiger partial charge in [0.25, 0.3) is 0 Å². The lowest BCUT2D eigenvalue weighted by Crippen LogP contribution is -2.09. The van der Waals surface area contributed by atoms with Gasteiger partial charge in [-0.2, -0.15) is 0 Å². The number of carbonyl (C=O) groups is 1. The Morgan fingerprint density at radius 3 is 2.73 bits per heavy atom. The Balaban J connectivity index is 2.05. The molecule has 1 N–H and O–H groups in total. The van der Waals surface area contributed by atoms with Gasteiger partial charge in [-0.15, -0.1) is 0 Å². The zero-order valence-corrected chi connectivity index (χ0v) is 14.5. The molecule has 2 aromatic carbocycles. The summed E-state index contributed by atoms with van der Waals surface area (Å²) in [5, 5.41) is 9.95. The van der Waals surface area contributed by atoms with Crippen LogP contribution in [0.4, 0.5) is 4.39 Å². The smallest absolute Gasteiger partial charge is 0.356 e. The Morgan fingerprint density at radius 2 is 2.00 bits per heavy atom. The number of imidazole rings is 1. The normalized spacial score (nSPS) is 12.8. The summed E-state index contributed by atoms with van der Waals surface area (Å²) in [4.78, 5) is 20.3. The fourth-order valence-corrected chi connectivity index (χ4v) is 3.39. The summed E-state index contributed by atoms with van der Waals surface area (Å²) in [6.07, 6.45) is 0. The quantitative estimate of drug-likeness (QED) is 0.741. The van der Waals surface area contributed by atoms with Gasteiger partial charge in [0, 0.05) is 16.1 Å². The first-order valence-electron chi connectivity index (χ1n) is 7.88. The van der Waals surface area contributed by atoms with Gasteiger partial charge in [-0.25, -0.2) is 14.2 Å². The van der Waals surface area contributed by atoms with Gasteiger partial charge in [0.05, 0.1) is 23.6 Å². The number of carboxylic acid groups (broad SMARTS) is 1. The van der Waals surface area contributed by atoms with Crippen molar-refractivity contribution in [3.8, 4) is 5.69 Å². The second-order valence-electron chi connectivity index (χ2n) is 5.90. The van der Waals surface area contributed by atoms with E-state index >= 15 is 0 Å². The zero-order chi connectivity index (χ0) is 18.4. The summed E-state index contributed by atoms with van der Waals surface area (Å²) in [7, 11) is 0. The highest BCUT2D eigenvalue weighted by Crippen LogP contribution is 2.31. The van der Waals surface area contributed by atoms with Crippen LogP contribution in [0, 0.1) is 12.7 Å². The molecule has 1 aliphatic rings. The standard InChI is InChI=1S/C19H13ClFN3O2/c1-10-23-18(19(25)26)16-9-22-17(12-4-2-3-5-14(12)21)13-7-6-11(20)8-15(13)24(10)16/h2-8H,9H2,1H3,(H,25,26). The number of aromatic nitrogens is 2. The molecule has 0 spiro atoms. The SMILES string of the molecule is Cc1nc(C(=O)O)c2n1-c1cc(Cl)ccc1C(c1ccccc1F)=NC2. The molecular weight excluding hydrogens is 357 g/mol. The highest BCUT2D eigenvalue weighted by atomic mass is 35.5. The first-order chi connectivity index (χ1) is 12.5. The number of hydrogen-bond donors (Lipinski definition) is 1. The summed E-state index contributed by atoms with van der Waals surface area (Å²) < 4.78 is 16.1. The summed E-state index contributed by atoms with van der Waals surface area (Å²) in [6, 6.07) is 11.5. The third-order valence-electron chi connectivity index (χ3n) is 4.31. The number of aromatic carboxylic acids is 1. The number of rotatable bonds is 2. The second-order valence-corrected chi connectivity index (χ2v) is 6.34. The average Bonchev–Trinajstić information content (AvgIpc) is 2.84. The topological polar surface area (TPSA) is 67.5 Å². The Hall–Kier alpha value is -2.99. The van der Waals surface area contributed by atoms with Gasteiger partial charge < -0.3 is 5.11 Å². The maximum atomic E-state index is 14.4. The van der Waals surface area contributed by atoms with Crippen LogP contribution in [0.25, 0.3) is 5.69 Å².